The number of methoxy groups -OCH3 is 1. The molecule has 0 aliphatic rings. The minimum absolute atomic E-state index is 0.202. The number of halogens is 1. The number of nitrogens with zero attached hydrogens (tertiary/aromatic N) is 3. The van der Waals surface area contributed by atoms with E-state index in [1.54, 1.807) is 19.4 Å². The zero-order valence-electron chi connectivity index (χ0n) is 10.8. The van der Waals surface area contributed by atoms with Crippen molar-refractivity contribution >= 4 is 23.1 Å². The van der Waals surface area contributed by atoms with Gasteiger partial charge in [0.15, 0.2) is 0 Å². The van der Waals surface area contributed by atoms with Crippen LogP contribution < -0.4 is 15.4 Å². The van der Waals surface area contributed by atoms with Gasteiger partial charge in [0.05, 0.1) is 12.8 Å². The number of rotatable bonds is 4. The summed E-state index contributed by atoms with van der Waals surface area (Å²) in [5.74, 6) is 1.42. The highest BCUT2D eigenvalue weighted by molar-refractivity contribution is 6.28. The Hall–Kier alpha value is -1.85. The summed E-state index contributed by atoms with van der Waals surface area (Å²) in [6.45, 7) is 0.412. The van der Waals surface area contributed by atoms with Crippen molar-refractivity contribution in [1.82, 2.24) is 9.97 Å². The molecule has 0 aliphatic carbocycles. The summed E-state index contributed by atoms with van der Waals surface area (Å²) in [6, 6.07) is 7.52. The van der Waals surface area contributed by atoms with E-state index in [0.717, 1.165) is 17.0 Å². The van der Waals surface area contributed by atoms with E-state index in [1.165, 1.54) is 0 Å². The Labute approximate surface area is 117 Å². The van der Waals surface area contributed by atoms with Crippen LogP contribution in [0, 0.1) is 0 Å². The van der Waals surface area contributed by atoms with Crippen LogP contribution in [0.25, 0.3) is 0 Å². The van der Waals surface area contributed by atoms with Gasteiger partial charge >= 0.3 is 0 Å². The second-order valence-electron chi connectivity index (χ2n) is 3.92. The summed E-state index contributed by atoms with van der Waals surface area (Å²) in [7, 11) is 3.51. The second kappa shape index (κ2) is 5.86. The van der Waals surface area contributed by atoms with Gasteiger partial charge in [-0.2, -0.15) is 0 Å². The number of nitrogens with two attached hydrogens (primary N) is 1. The predicted octanol–water partition coefficient (Wildman–Crippen LogP) is 2.37. The van der Waals surface area contributed by atoms with Crippen LogP contribution in [-0.2, 0) is 6.54 Å². The van der Waals surface area contributed by atoms with E-state index < -0.39 is 0 Å². The van der Waals surface area contributed by atoms with Gasteiger partial charge in [-0.05, 0) is 29.3 Å². The van der Waals surface area contributed by atoms with Crippen LogP contribution >= 0.6 is 11.6 Å². The Morgan fingerprint density at radius 2 is 2.16 bits per heavy atom. The third-order valence-electron chi connectivity index (χ3n) is 2.81. The highest BCUT2D eigenvalue weighted by Crippen LogP contribution is 2.34. The molecular formula is C13H15ClN4O. The first-order valence-electron chi connectivity index (χ1n) is 5.75. The average molecular weight is 279 g/mol. The molecule has 0 aliphatic heterocycles. The Morgan fingerprint density at radius 1 is 1.37 bits per heavy atom. The maximum absolute atomic E-state index is 5.82. The standard InChI is InChI=1S/C13H15ClN4O/c1-18(11-6-7-16-13(14)17-11)12-9(8-15)4-3-5-10(12)19-2/h3-7H,8,15H2,1-2H3. The minimum atomic E-state index is 0.202. The Morgan fingerprint density at radius 3 is 2.79 bits per heavy atom. The van der Waals surface area contributed by atoms with Crippen LogP contribution in [-0.4, -0.2) is 24.1 Å². The van der Waals surface area contributed by atoms with Crippen molar-refractivity contribution in [2.24, 2.45) is 5.73 Å². The van der Waals surface area contributed by atoms with Crippen LogP contribution in [0.3, 0.4) is 0 Å². The van der Waals surface area contributed by atoms with E-state index in [2.05, 4.69) is 9.97 Å². The fourth-order valence-corrected chi connectivity index (χ4v) is 2.05. The molecule has 6 heteroatoms. The van der Waals surface area contributed by atoms with Crippen LogP contribution in [0.15, 0.2) is 30.5 Å². The number of aromatic nitrogens is 2. The zero-order chi connectivity index (χ0) is 13.8. The van der Waals surface area contributed by atoms with Gasteiger partial charge in [0.1, 0.15) is 11.6 Å². The van der Waals surface area contributed by atoms with Crippen molar-refractivity contribution < 1.29 is 4.74 Å². The maximum Gasteiger partial charge on any atom is 0.224 e. The normalized spacial score (nSPS) is 10.3. The summed E-state index contributed by atoms with van der Waals surface area (Å²) in [4.78, 5) is 9.94. The number of benzene rings is 1. The molecule has 0 amide bonds. The van der Waals surface area contributed by atoms with Crippen molar-refractivity contribution in [1.29, 1.82) is 0 Å². The number of anilines is 2. The first kappa shape index (κ1) is 13.6. The lowest BCUT2D eigenvalue weighted by Gasteiger charge is -2.23. The van der Waals surface area contributed by atoms with Crippen molar-refractivity contribution in [2.75, 3.05) is 19.1 Å². The molecule has 0 unspecified atom stereocenters. The third kappa shape index (κ3) is 2.77. The molecule has 0 radical (unpaired) electrons. The van der Waals surface area contributed by atoms with Crippen molar-refractivity contribution in [3.63, 3.8) is 0 Å². The third-order valence-corrected chi connectivity index (χ3v) is 3.00. The molecule has 0 fully saturated rings. The van der Waals surface area contributed by atoms with E-state index in [0.29, 0.717) is 12.4 Å². The van der Waals surface area contributed by atoms with Gasteiger partial charge in [0.2, 0.25) is 5.28 Å². The lowest BCUT2D eigenvalue weighted by molar-refractivity contribution is 0.415. The molecule has 5 nitrogen and oxygen atoms in total. The van der Waals surface area contributed by atoms with Crippen LogP contribution in [0.1, 0.15) is 5.56 Å². The smallest absolute Gasteiger partial charge is 0.224 e. The van der Waals surface area contributed by atoms with E-state index in [9.17, 15) is 0 Å². The fourth-order valence-electron chi connectivity index (χ4n) is 1.91. The Balaban J connectivity index is 2.51. The molecule has 0 bridgehead atoms. The van der Waals surface area contributed by atoms with E-state index >= 15 is 0 Å². The van der Waals surface area contributed by atoms with E-state index in [4.69, 9.17) is 22.1 Å². The zero-order valence-corrected chi connectivity index (χ0v) is 11.6. The fraction of sp³-hybridized carbons (Fsp3) is 0.231. The number of hydrogen-bond acceptors (Lipinski definition) is 5. The summed E-state index contributed by atoms with van der Waals surface area (Å²) in [5.41, 5.74) is 7.63. The molecule has 1 aromatic carbocycles. The molecule has 0 atom stereocenters. The van der Waals surface area contributed by atoms with Crippen molar-refractivity contribution in [3.05, 3.63) is 41.3 Å². The van der Waals surface area contributed by atoms with Gasteiger partial charge in [0.25, 0.3) is 0 Å². The topological polar surface area (TPSA) is 64.3 Å². The Kier molecular flexibility index (Phi) is 4.19. The van der Waals surface area contributed by atoms with Gasteiger partial charge in [-0.15, -0.1) is 0 Å². The summed E-state index contributed by atoms with van der Waals surface area (Å²) in [5, 5.41) is 0.202. The van der Waals surface area contributed by atoms with Gasteiger partial charge in [-0.3, -0.25) is 0 Å². The van der Waals surface area contributed by atoms with Crippen LogP contribution in [0.2, 0.25) is 5.28 Å². The molecule has 0 saturated carbocycles. The molecule has 1 aromatic heterocycles. The maximum atomic E-state index is 5.82. The highest BCUT2D eigenvalue weighted by atomic mass is 35.5. The first-order valence-corrected chi connectivity index (χ1v) is 6.13. The predicted molar refractivity (Wildman–Crippen MR) is 76.0 cm³/mol. The summed E-state index contributed by atoms with van der Waals surface area (Å²) < 4.78 is 5.39. The molecule has 2 N–H and O–H groups in total. The lowest BCUT2D eigenvalue weighted by Crippen LogP contribution is -2.16. The van der Waals surface area contributed by atoms with Crippen LogP contribution in [0.5, 0.6) is 5.75 Å². The molecule has 2 rings (SSSR count). The largest absolute Gasteiger partial charge is 0.495 e. The molecule has 1 heterocycles. The lowest BCUT2D eigenvalue weighted by atomic mass is 10.1. The first-order chi connectivity index (χ1) is 9.17. The van der Waals surface area contributed by atoms with Crippen LogP contribution in [0.4, 0.5) is 11.5 Å². The SMILES string of the molecule is COc1cccc(CN)c1N(C)c1ccnc(Cl)n1. The number of hydrogen-bond donors (Lipinski definition) is 1. The molecule has 19 heavy (non-hydrogen) atoms. The molecular weight excluding hydrogens is 264 g/mol. The molecule has 0 spiro atoms. The van der Waals surface area contributed by atoms with Gasteiger partial charge in [-0.25, -0.2) is 9.97 Å². The van der Waals surface area contributed by atoms with Crippen molar-refractivity contribution in [3.8, 4) is 5.75 Å². The van der Waals surface area contributed by atoms with Gasteiger partial charge in [0, 0.05) is 19.8 Å². The summed E-state index contributed by atoms with van der Waals surface area (Å²) >= 11 is 5.82. The Bertz CT molecular complexity index is 554. The number of ether oxygens (including phenoxy) is 1. The average Bonchev–Trinajstić information content (AvgIpc) is 2.45. The quantitative estimate of drug-likeness (QED) is 0.870. The monoisotopic (exact) mass is 278 g/mol. The second-order valence-corrected chi connectivity index (χ2v) is 4.25. The number of para-hydroxylation sites is 1. The van der Waals surface area contributed by atoms with E-state index in [1.807, 2.05) is 30.1 Å². The van der Waals surface area contributed by atoms with E-state index in [-0.39, 0.29) is 5.28 Å². The van der Waals surface area contributed by atoms with Crippen molar-refractivity contribution in [2.45, 2.75) is 6.54 Å². The summed E-state index contributed by atoms with van der Waals surface area (Å²) in [6.07, 6.45) is 1.61. The molecule has 2 aromatic rings. The van der Waals surface area contributed by atoms with Gasteiger partial charge in [-0.1, -0.05) is 12.1 Å². The molecule has 100 valence electrons. The van der Waals surface area contributed by atoms with Gasteiger partial charge < -0.3 is 15.4 Å². The minimum Gasteiger partial charge on any atom is -0.495 e. The molecule has 0 saturated heterocycles. The highest BCUT2D eigenvalue weighted by Gasteiger charge is 2.15.